The lowest BCUT2D eigenvalue weighted by Gasteiger charge is -2.19. The lowest BCUT2D eigenvalue weighted by molar-refractivity contribution is -0.135. The summed E-state index contributed by atoms with van der Waals surface area (Å²) in [5.41, 5.74) is 4.96. The van der Waals surface area contributed by atoms with E-state index in [1.54, 1.807) is 20.8 Å². The molecule has 1 aromatic carbocycles. The van der Waals surface area contributed by atoms with Crippen molar-refractivity contribution in [1.29, 1.82) is 0 Å². The van der Waals surface area contributed by atoms with Crippen molar-refractivity contribution in [1.82, 2.24) is 16.0 Å². The molecule has 5 N–H and O–H groups in total. The predicted molar refractivity (Wildman–Crippen MR) is 110 cm³/mol. The predicted octanol–water partition coefficient (Wildman–Crippen LogP) is -0.121. The van der Waals surface area contributed by atoms with Crippen LogP contribution >= 0.6 is 0 Å². The molecule has 0 unspecified atom stereocenters. The minimum absolute atomic E-state index is 0.183. The van der Waals surface area contributed by atoms with Crippen LogP contribution in [0.1, 0.15) is 38.1 Å². The Kier molecular flexibility index (Phi) is 9.61. The number of nitrogens with two attached hydrogens (primary N) is 1. The van der Waals surface area contributed by atoms with Gasteiger partial charge in [0.25, 0.3) is 0 Å². The summed E-state index contributed by atoms with van der Waals surface area (Å²) in [6, 6.07) is 4.92. The van der Waals surface area contributed by atoms with Crippen LogP contribution in [0.2, 0.25) is 0 Å². The molecule has 0 fully saturated rings. The van der Waals surface area contributed by atoms with Crippen LogP contribution in [0.25, 0.3) is 0 Å². The molecule has 170 valence electrons. The second kappa shape index (κ2) is 11.6. The molecule has 1 aromatic rings. The Morgan fingerprint density at radius 1 is 0.935 bits per heavy atom. The first kappa shape index (κ1) is 25.6. The van der Waals surface area contributed by atoms with Gasteiger partial charge in [0.15, 0.2) is 5.78 Å². The number of carbonyl (C=O) groups is 5. The van der Waals surface area contributed by atoms with Crippen molar-refractivity contribution < 1.29 is 33.4 Å². The van der Waals surface area contributed by atoms with Crippen LogP contribution < -0.4 is 26.4 Å². The number of ketones is 1. The van der Waals surface area contributed by atoms with Crippen molar-refractivity contribution in [3.8, 4) is 5.75 Å². The zero-order valence-electron chi connectivity index (χ0n) is 17.9. The molecule has 0 saturated carbocycles. The standard InChI is InChI=1S/C20H28N4O7/c1-12(21)18(28)23-11-17(27)30-14-7-5-13(6-8-14)15(25)9-22-16(26)10-24-19(29)31-20(2,3)4/h5-8,12H,9-11,21H2,1-4H3,(H,22,26)(H,23,28)(H,24,29)/t12-/m0/s1. The van der Waals surface area contributed by atoms with Crippen LogP contribution in [-0.2, 0) is 19.1 Å². The Morgan fingerprint density at radius 3 is 2.10 bits per heavy atom. The Hall–Kier alpha value is -3.47. The van der Waals surface area contributed by atoms with Crippen LogP contribution in [-0.4, -0.2) is 60.9 Å². The van der Waals surface area contributed by atoms with E-state index in [1.807, 2.05) is 0 Å². The second-order valence-electron chi connectivity index (χ2n) is 7.56. The van der Waals surface area contributed by atoms with E-state index in [2.05, 4.69) is 16.0 Å². The van der Waals surface area contributed by atoms with Gasteiger partial charge in [-0.3, -0.25) is 14.4 Å². The number of rotatable bonds is 9. The van der Waals surface area contributed by atoms with E-state index in [0.29, 0.717) is 0 Å². The molecular formula is C20H28N4O7. The van der Waals surface area contributed by atoms with Gasteiger partial charge in [-0.2, -0.15) is 0 Å². The second-order valence-corrected chi connectivity index (χ2v) is 7.56. The first-order chi connectivity index (χ1) is 14.4. The van der Waals surface area contributed by atoms with Gasteiger partial charge in [0.1, 0.15) is 24.4 Å². The maximum absolute atomic E-state index is 12.2. The molecule has 0 radical (unpaired) electrons. The Bertz CT molecular complexity index is 814. The molecule has 0 heterocycles. The number of hydrogen-bond acceptors (Lipinski definition) is 8. The molecular weight excluding hydrogens is 408 g/mol. The molecule has 1 rings (SSSR count). The quantitative estimate of drug-likeness (QED) is 0.236. The van der Waals surface area contributed by atoms with Crippen molar-refractivity contribution >= 4 is 29.7 Å². The van der Waals surface area contributed by atoms with Gasteiger partial charge in [-0.1, -0.05) is 0 Å². The SMILES string of the molecule is C[C@H](N)C(=O)NCC(=O)Oc1ccc(C(=O)CNC(=O)CNC(=O)OC(C)(C)C)cc1. The van der Waals surface area contributed by atoms with Crippen LogP contribution in [0.5, 0.6) is 5.75 Å². The number of carbonyl (C=O) groups excluding carboxylic acids is 5. The molecule has 0 saturated heterocycles. The van der Waals surface area contributed by atoms with Gasteiger partial charge in [0.2, 0.25) is 11.8 Å². The summed E-state index contributed by atoms with van der Waals surface area (Å²) >= 11 is 0. The number of hydrogen-bond donors (Lipinski definition) is 4. The molecule has 0 bridgehead atoms. The molecule has 0 aromatic heterocycles. The summed E-state index contributed by atoms with van der Waals surface area (Å²) in [6.45, 7) is 5.60. The van der Waals surface area contributed by atoms with Gasteiger partial charge in [-0.25, -0.2) is 9.59 Å². The zero-order chi connectivity index (χ0) is 23.6. The van der Waals surface area contributed by atoms with E-state index in [0.717, 1.165) is 0 Å². The normalized spacial score (nSPS) is 11.6. The number of Topliss-reactive ketones (excluding diaryl/α,β-unsaturated/α-hetero) is 1. The molecule has 11 nitrogen and oxygen atoms in total. The minimum atomic E-state index is -0.744. The summed E-state index contributed by atoms with van der Waals surface area (Å²) in [5.74, 6) is -1.94. The third-order valence-corrected chi connectivity index (χ3v) is 3.47. The van der Waals surface area contributed by atoms with E-state index in [4.69, 9.17) is 15.2 Å². The lowest BCUT2D eigenvalue weighted by atomic mass is 10.1. The molecule has 11 heteroatoms. The number of amides is 3. The first-order valence-corrected chi connectivity index (χ1v) is 9.48. The molecule has 0 aliphatic heterocycles. The van der Waals surface area contributed by atoms with Gasteiger partial charge in [0, 0.05) is 5.56 Å². The van der Waals surface area contributed by atoms with Crippen molar-refractivity contribution in [3.05, 3.63) is 29.8 Å². The van der Waals surface area contributed by atoms with Crippen LogP contribution in [0.3, 0.4) is 0 Å². The largest absolute Gasteiger partial charge is 0.444 e. The monoisotopic (exact) mass is 436 g/mol. The number of ether oxygens (including phenoxy) is 2. The molecule has 0 aliphatic rings. The number of benzene rings is 1. The maximum Gasteiger partial charge on any atom is 0.408 e. The van der Waals surface area contributed by atoms with E-state index in [-0.39, 0.29) is 36.7 Å². The summed E-state index contributed by atoms with van der Waals surface area (Å²) < 4.78 is 10.0. The molecule has 1 atom stereocenters. The average molecular weight is 436 g/mol. The fraction of sp³-hybridized carbons (Fsp3) is 0.450. The van der Waals surface area contributed by atoms with Crippen LogP contribution in [0.4, 0.5) is 4.79 Å². The van der Waals surface area contributed by atoms with Crippen molar-refractivity contribution in [3.63, 3.8) is 0 Å². The van der Waals surface area contributed by atoms with Crippen molar-refractivity contribution in [2.45, 2.75) is 39.3 Å². The highest BCUT2D eigenvalue weighted by atomic mass is 16.6. The van der Waals surface area contributed by atoms with E-state index >= 15 is 0 Å². The maximum atomic E-state index is 12.2. The Labute approximate surface area is 180 Å². The fourth-order valence-corrected chi connectivity index (χ4v) is 2.01. The summed E-state index contributed by atoms with van der Waals surface area (Å²) in [4.78, 5) is 58.4. The lowest BCUT2D eigenvalue weighted by Crippen LogP contribution is -2.41. The van der Waals surface area contributed by atoms with Crippen molar-refractivity contribution in [2.75, 3.05) is 19.6 Å². The number of esters is 1. The van der Waals surface area contributed by atoms with Crippen molar-refractivity contribution in [2.24, 2.45) is 5.73 Å². The van der Waals surface area contributed by atoms with Crippen LogP contribution in [0, 0.1) is 0 Å². The fourth-order valence-electron chi connectivity index (χ4n) is 2.01. The number of nitrogens with one attached hydrogen (secondary N) is 3. The molecule has 0 spiro atoms. The third kappa shape index (κ3) is 10.8. The van der Waals surface area contributed by atoms with E-state index < -0.39 is 35.5 Å². The Balaban J connectivity index is 2.41. The van der Waals surface area contributed by atoms with Gasteiger partial charge >= 0.3 is 12.1 Å². The van der Waals surface area contributed by atoms with E-state index in [1.165, 1.54) is 31.2 Å². The van der Waals surface area contributed by atoms with Gasteiger partial charge in [0.05, 0.1) is 12.6 Å². The summed E-state index contributed by atoms with van der Waals surface area (Å²) in [6.07, 6.45) is -0.740. The summed E-state index contributed by atoms with van der Waals surface area (Å²) in [5, 5.41) is 6.99. The highest BCUT2D eigenvalue weighted by Crippen LogP contribution is 2.12. The zero-order valence-corrected chi connectivity index (χ0v) is 17.9. The smallest absolute Gasteiger partial charge is 0.408 e. The van der Waals surface area contributed by atoms with E-state index in [9.17, 15) is 24.0 Å². The number of alkyl carbamates (subject to hydrolysis) is 1. The van der Waals surface area contributed by atoms with Gasteiger partial charge in [-0.15, -0.1) is 0 Å². The van der Waals surface area contributed by atoms with Crippen LogP contribution in [0.15, 0.2) is 24.3 Å². The highest BCUT2D eigenvalue weighted by molar-refractivity contribution is 5.99. The highest BCUT2D eigenvalue weighted by Gasteiger charge is 2.17. The van der Waals surface area contributed by atoms with Gasteiger partial charge < -0.3 is 31.2 Å². The molecule has 31 heavy (non-hydrogen) atoms. The third-order valence-electron chi connectivity index (χ3n) is 3.47. The van der Waals surface area contributed by atoms with Gasteiger partial charge in [-0.05, 0) is 52.0 Å². The molecule has 0 aliphatic carbocycles. The minimum Gasteiger partial charge on any atom is -0.444 e. The topological polar surface area (TPSA) is 166 Å². The molecule has 3 amide bonds. The summed E-state index contributed by atoms with van der Waals surface area (Å²) in [7, 11) is 0. The first-order valence-electron chi connectivity index (χ1n) is 9.48. The Morgan fingerprint density at radius 2 is 1.55 bits per heavy atom. The average Bonchev–Trinajstić information content (AvgIpc) is 2.67.